The lowest BCUT2D eigenvalue weighted by Crippen LogP contribution is -2.50. The molecule has 0 radical (unpaired) electrons. The summed E-state index contributed by atoms with van der Waals surface area (Å²) in [7, 11) is 1.48. The lowest BCUT2D eigenvalue weighted by atomic mass is 10.2. The van der Waals surface area contributed by atoms with E-state index in [2.05, 4.69) is 4.98 Å². The van der Waals surface area contributed by atoms with Crippen molar-refractivity contribution in [3.05, 3.63) is 23.9 Å². The number of aromatic nitrogens is 1. The molecule has 1 unspecified atom stereocenters. The molecule has 2 heterocycles. The fraction of sp³-hybridized carbons (Fsp3) is 0.417. The van der Waals surface area contributed by atoms with Crippen LogP contribution in [-0.4, -0.2) is 53.7 Å². The first-order valence-electron chi connectivity index (χ1n) is 5.82. The summed E-state index contributed by atoms with van der Waals surface area (Å²) >= 11 is 4.90. The van der Waals surface area contributed by atoms with Crippen LogP contribution in [0.4, 0.5) is 0 Å². The lowest BCUT2D eigenvalue weighted by Gasteiger charge is -2.32. The number of rotatable bonds is 3. The molecule has 1 atom stereocenters. The van der Waals surface area contributed by atoms with Crippen molar-refractivity contribution in [2.45, 2.75) is 6.10 Å². The molecule has 1 saturated heterocycles. The molecule has 1 aromatic rings. The molecule has 0 spiro atoms. The van der Waals surface area contributed by atoms with Crippen LogP contribution in [0.25, 0.3) is 0 Å². The smallest absolute Gasteiger partial charge is 0.259 e. The maximum atomic E-state index is 12.4. The first kappa shape index (κ1) is 13.7. The van der Waals surface area contributed by atoms with Gasteiger partial charge in [-0.25, -0.2) is 4.98 Å². The van der Waals surface area contributed by atoms with Crippen LogP contribution >= 0.6 is 12.2 Å². The van der Waals surface area contributed by atoms with Crippen LogP contribution in [0, 0.1) is 0 Å². The molecule has 1 aliphatic heterocycles. The van der Waals surface area contributed by atoms with E-state index in [1.165, 1.54) is 7.11 Å². The Morgan fingerprint density at radius 3 is 3.16 bits per heavy atom. The SMILES string of the molecule is COc1ncccc1C(=O)N1CCOC(C(N)=S)C1. The predicted molar refractivity (Wildman–Crippen MR) is 73.2 cm³/mol. The zero-order chi connectivity index (χ0) is 13.8. The third kappa shape index (κ3) is 2.99. The Morgan fingerprint density at radius 2 is 2.47 bits per heavy atom. The normalized spacial score (nSPS) is 19.0. The van der Waals surface area contributed by atoms with Gasteiger partial charge in [-0.2, -0.15) is 0 Å². The number of ether oxygens (including phenoxy) is 2. The number of carbonyl (C=O) groups excluding carboxylic acids is 1. The van der Waals surface area contributed by atoms with Gasteiger partial charge in [0.2, 0.25) is 5.88 Å². The second-order valence-corrected chi connectivity index (χ2v) is 4.54. The van der Waals surface area contributed by atoms with E-state index in [1.54, 1.807) is 23.2 Å². The molecule has 1 fully saturated rings. The van der Waals surface area contributed by atoms with Crippen LogP contribution in [0.5, 0.6) is 5.88 Å². The third-order valence-corrected chi connectivity index (χ3v) is 3.13. The van der Waals surface area contributed by atoms with Crippen molar-refractivity contribution < 1.29 is 14.3 Å². The molecule has 2 N–H and O–H groups in total. The zero-order valence-electron chi connectivity index (χ0n) is 10.5. The van der Waals surface area contributed by atoms with Crippen LogP contribution in [0.2, 0.25) is 0 Å². The van der Waals surface area contributed by atoms with Gasteiger partial charge >= 0.3 is 0 Å². The molecular weight excluding hydrogens is 266 g/mol. The van der Waals surface area contributed by atoms with Gasteiger partial charge in [-0.3, -0.25) is 4.79 Å². The molecule has 0 aliphatic carbocycles. The van der Waals surface area contributed by atoms with Gasteiger partial charge in [0, 0.05) is 12.7 Å². The highest BCUT2D eigenvalue weighted by Gasteiger charge is 2.28. The van der Waals surface area contributed by atoms with Gasteiger partial charge in [0.05, 0.1) is 20.3 Å². The molecule has 19 heavy (non-hydrogen) atoms. The molecule has 102 valence electrons. The fourth-order valence-corrected chi connectivity index (χ4v) is 2.04. The van der Waals surface area contributed by atoms with Crippen LogP contribution in [0.3, 0.4) is 0 Å². The molecule has 7 heteroatoms. The molecule has 1 amide bonds. The van der Waals surface area contributed by atoms with E-state index < -0.39 is 6.10 Å². The second-order valence-electron chi connectivity index (χ2n) is 4.07. The van der Waals surface area contributed by atoms with Gasteiger partial charge in [-0.1, -0.05) is 12.2 Å². The first-order valence-corrected chi connectivity index (χ1v) is 6.23. The van der Waals surface area contributed by atoms with Gasteiger partial charge in [-0.05, 0) is 12.1 Å². The number of nitrogens with zero attached hydrogens (tertiary/aromatic N) is 2. The van der Waals surface area contributed by atoms with Gasteiger partial charge in [0.1, 0.15) is 16.7 Å². The van der Waals surface area contributed by atoms with Crippen molar-refractivity contribution in [1.29, 1.82) is 0 Å². The Hall–Kier alpha value is -1.73. The zero-order valence-corrected chi connectivity index (χ0v) is 11.4. The van der Waals surface area contributed by atoms with Gasteiger partial charge in [-0.15, -0.1) is 0 Å². The average molecular weight is 281 g/mol. The highest BCUT2D eigenvalue weighted by molar-refractivity contribution is 7.80. The van der Waals surface area contributed by atoms with Crippen molar-refractivity contribution in [2.75, 3.05) is 26.8 Å². The summed E-state index contributed by atoms with van der Waals surface area (Å²) in [6.07, 6.45) is 1.18. The van der Waals surface area contributed by atoms with E-state index in [0.29, 0.717) is 31.1 Å². The number of methoxy groups -OCH3 is 1. The Morgan fingerprint density at radius 1 is 1.68 bits per heavy atom. The van der Waals surface area contributed by atoms with Gasteiger partial charge in [0.15, 0.2) is 0 Å². The van der Waals surface area contributed by atoms with Crippen molar-refractivity contribution in [2.24, 2.45) is 5.73 Å². The number of amides is 1. The van der Waals surface area contributed by atoms with Gasteiger partial charge < -0.3 is 20.1 Å². The maximum Gasteiger partial charge on any atom is 0.259 e. The van der Waals surface area contributed by atoms with Crippen molar-refractivity contribution in [3.63, 3.8) is 0 Å². The molecule has 0 saturated carbocycles. The number of thiocarbonyl (C=S) groups is 1. The standard InChI is InChI=1S/C12H15N3O3S/c1-17-11-8(3-2-4-14-11)12(16)15-5-6-18-9(7-15)10(13)19/h2-4,9H,5-7H2,1H3,(H2,13,19). The lowest BCUT2D eigenvalue weighted by molar-refractivity contribution is 0.00861. The van der Waals surface area contributed by atoms with Crippen molar-refractivity contribution in [1.82, 2.24) is 9.88 Å². The van der Waals surface area contributed by atoms with E-state index in [1.807, 2.05) is 0 Å². The van der Waals surface area contributed by atoms with Crippen molar-refractivity contribution >= 4 is 23.1 Å². The number of morpholine rings is 1. The maximum absolute atomic E-state index is 12.4. The summed E-state index contributed by atoms with van der Waals surface area (Å²) in [5.41, 5.74) is 5.98. The number of pyridine rings is 1. The molecule has 0 aromatic carbocycles. The Kier molecular flexibility index (Phi) is 4.28. The Labute approximate surface area is 116 Å². The number of nitrogens with two attached hydrogens (primary N) is 1. The minimum atomic E-state index is -0.393. The summed E-state index contributed by atoms with van der Waals surface area (Å²) in [4.78, 5) is 18.3. The number of carbonyl (C=O) groups is 1. The van der Waals surface area contributed by atoms with E-state index in [9.17, 15) is 4.79 Å². The summed E-state index contributed by atoms with van der Waals surface area (Å²) < 4.78 is 10.5. The molecular formula is C12H15N3O3S. The van der Waals surface area contributed by atoms with Crippen molar-refractivity contribution in [3.8, 4) is 5.88 Å². The molecule has 1 aromatic heterocycles. The van der Waals surface area contributed by atoms with Crippen LogP contribution < -0.4 is 10.5 Å². The summed E-state index contributed by atoms with van der Waals surface area (Å²) in [6, 6.07) is 3.38. The summed E-state index contributed by atoms with van der Waals surface area (Å²) in [5, 5.41) is 0. The minimum Gasteiger partial charge on any atom is -0.480 e. The number of hydrogen-bond acceptors (Lipinski definition) is 5. The highest BCUT2D eigenvalue weighted by atomic mass is 32.1. The molecule has 2 rings (SSSR count). The quantitative estimate of drug-likeness (QED) is 0.799. The van der Waals surface area contributed by atoms with Crippen LogP contribution in [0.15, 0.2) is 18.3 Å². The van der Waals surface area contributed by atoms with E-state index in [0.717, 1.165) is 0 Å². The molecule has 1 aliphatic rings. The third-order valence-electron chi connectivity index (χ3n) is 2.87. The van der Waals surface area contributed by atoms with E-state index in [-0.39, 0.29) is 10.9 Å². The molecule has 6 nitrogen and oxygen atoms in total. The molecule has 0 bridgehead atoms. The van der Waals surface area contributed by atoms with E-state index in [4.69, 9.17) is 27.4 Å². The topological polar surface area (TPSA) is 77.7 Å². The van der Waals surface area contributed by atoms with E-state index >= 15 is 0 Å². The highest BCUT2D eigenvalue weighted by Crippen LogP contribution is 2.18. The fourth-order valence-electron chi connectivity index (χ4n) is 1.89. The average Bonchev–Trinajstić information content (AvgIpc) is 2.46. The first-order chi connectivity index (χ1) is 9.13. The predicted octanol–water partition coefficient (Wildman–Crippen LogP) is 0.217. The summed E-state index contributed by atoms with van der Waals surface area (Å²) in [6.45, 7) is 1.26. The summed E-state index contributed by atoms with van der Waals surface area (Å²) in [5.74, 6) is 0.153. The number of hydrogen-bond donors (Lipinski definition) is 1. The Bertz CT molecular complexity index is 495. The largest absolute Gasteiger partial charge is 0.480 e. The van der Waals surface area contributed by atoms with Gasteiger partial charge in [0.25, 0.3) is 5.91 Å². The van der Waals surface area contributed by atoms with Crippen LogP contribution in [0.1, 0.15) is 10.4 Å². The second kappa shape index (κ2) is 5.94. The Balaban J connectivity index is 2.17. The minimum absolute atomic E-state index is 0.158. The monoisotopic (exact) mass is 281 g/mol. The van der Waals surface area contributed by atoms with Crippen LogP contribution in [-0.2, 0) is 4.74 Å².